The van der Waals surface area contributed by atoms with Crippen molar-refractivity contribution in [2.45, 2.75) is 45.7 Å². The predicted molar refractivity (Wildman–Crippen MR) is 73.5 cm³/mol. The highest BCUT2D eigenvalue weighted by atomic mass is 35.5. The Morgan fingerprint density at radius 1 is 1.58 bits per heavy atom. The number of carboxylic acid groups (broad SMARTS) is 1. The molecule has 0 saturated heterocycles. The topological polar surface area (TPSA) is 67.2 Å². The van der Waals surface area contributed by atoms with Crippen LogP contribution in [0.3, 0.4) is 0 Å². The molecule has 1 aliphatic rings. The minimum atomic E-state index is -0.929. The minimum absolute atomic E-state index is 0.174. The number of nitrogens with one attached hydrogen (secondary N) is 1. The minimum Gasteiger partial charge on any atom is -0.480 e. The highest BCUT2D eigenvalue weighted by molar-refractivity contribution is 6.31. The summed E-state index contributed by atoms with van der Waals surface area (Å²) in [6.45, 7) is 6.57. The number of carbonyl (C=O) groups is 1. The van der Waals surface area contributed by atoms with E-state index in [9.17, 15) is 9.90 Å². The highest BCUT2D eigenvalue weighted by Gasteiger charge is 2.51. The molecular formula is C13H20ClN3O2. The van der Waals surface area contributed by atoms with Crippen LogP contribution in [0.15, 0.2) is 0 Å². The fourth-order valence-electron chi connectivity index (χ4n) is 2.60. The highest BCUT2D eigenvalue weighted by Crippen LogP contribution is 2.41. The van der Waals surface area contributed by atoms with Crippen molar-refractivity contribution >= 4 is 17.6 Å². The predicted octanol–water partition coefficient (Wildman–Crippen LogP) is 2.00. The Labute approximate surface area is 117 Å². The van der Waals surface area contributed by atoms with Crippen molar-refractivity contribution in [1.82, 2.24) is 15.1 Å². The van der Waals surface area contributed by atoms with Crippen LogP contribution in [0.25, 0.3) is 0 Å². The van der Waals surface area contributed by atoms with Crippen LogP contribution in [0.1, 0.15) is 31.2 Å². The number of nitrogens with zero attached hydrogens (tertiary/aromatic N) is 2. The lowest BCUT2D eigenvalue weighted by Crippen LogP contribution is -2.57. The van der Waals surface area contributed by atoms with Gasteiger partial charge in [0.05, 0.1) is 23.0 Å². The lowest BCUT2D eigenvalue weighted by Gasteiger charge is -2.30. The van der Waals surface area contributed by atoms with Crippen molar-refractivity contribution in [2.75, 3.05) is 6.54 Å². The van der Waals surface area contributed by atoms with Gasteiger partial charge >= 0.3 is 5.97 Å². The number of rotatable bonds is 6. The Bertz CT molecular complexity index is 496. The van der Waals surface area contributed by atoms with Crippen LogP contribution in [0.2, 0.25) is 5.02 Å². The van der Waals surface area contributed by atoms with Crippen molar-refractivity contribution in [1.29, 1.82) is 0 Å². The molecule has 1 saturated carbocycles. The number of halogens is 1. The average Bonchev–Trinajstić information content (AvgIpc) is 3.15. The van der Waals surface area contributed by atoms with Gasteiger partial charge in [0, 0.05) is 0 Å². The van der Waals surface area contributed by atoms with Crippen LogP contribution in [0.5, 0.6) is 0 Å². The van der Waals surface area contributed by atoms with Gasteiger partial charge in [-0.05, 0) is 39.2 Å². The number of carboxylic acids is 1. The Balaban J connectivity index is 2.34. The average molecular weight is 286 g/mol. The molecule has 5 nitrogen and oxygen atoms in total. The lowest BCUT2D eigenvalue weighted by molar-refractivity contribution is -0.146. The third-order valence-corrected chi connectivity index (χ3v) is 4.39. The summed E-state index contributed by atoms with van der Waals surface area (Å²) in [4.78, 5) is 11.8. The molecule has 106 valence electrons. The van der Waals surface area contributed by atoms with E-state index in [-0.39, 0.29) is 5.92 Å². The van der Waals surface area contributed by atoms with Gasteiger partial charge in [-0.3, -0.25) is 9.48 Å². The van der Waals surface area contributed by atoms with Crippen LogP contribution < -0.4 is 5.32 Å². The zero-order valence-corrected chi connectivity index (χ0v) is 12.3. The van der Waals surface area contributed by atoms with Crippen molar-refractivity contribution in [3.8, 4) is 0 Å². The molecule has 19 heavy (non-hydrogen) atoms. The molecule has 1 unspecified atom stereocenters. The van der Waals surface area contributed by atoms with Crippen molar-refractivity contribution < 1.29 is 9.90 Å². The van der Waals surface area contributed by atoms with E-state index in [1.165, 1.54) is 0 Å². The molecule has 0 amide bonds. The van der Waals surface area contributed by atoms with Gasteiger partial charge in [-0.2, -0.15) is 5.10 Å². The largest absolute Gasteiger partial charge is 0.480 e. The Hall–Kier alpha value is -1.07. The summed E-state index contributed by atoms with van der Waals surface area (Å²) in [5.41, 5.74) is 0.635. The number of hydrogen-bond acceptors (Lipinski definition) is 3. The summed E-state index contributed by atoms with van der Waals surface area (Å²) in [6, 6.07) is 0. The monoisotopic (exact) mass is 285 g/mol. The van der Waals surface area contributed by atoms with Crippen LogP contribution in [-0.2, 0) is 11.3 Å². The van der Waals surface area contributed by atoms with Gasteiger partial charge in [0.15, 0.2) is 0 Å². The Morgan fingerprint density at radius 2 is 2.21 bits per heavy atom. The molecule has 1 atom stereocenters. The number of aryl methyl sites for hydroxylation is 1. The van der Waals surface area contributed by atoms with Gasteiger partial charge in [0.1, 0.15) is 5.54 Å². The van der Waals surface area contributed by atoms with Crippen molar-refractivity contribution in [2.24, 2.45) is 5.92 Å². The maximum Gasteiger partial charge on any atom is 0.326 e. The Kier molecular flexibility index (Phi) is 3.87. The van der Waals surface area contributed by atoms with Crippen molar-refractivity contribution in [3.05, 3.63) is 16.4 Å². The molecule has 2 rings (SSSR count). The molecular weight excluding hydrogens is 266 g/mol. The van der Waals surface area contributed by atoms with E-state index in [1.54, 1.807) is 4.68 Å². The quantitative estimate of drug-likeness (QED) is 0.839. The van der Waals surface area contributed by atoms with E-state index in [1.807, 2.05) is 20.8 Å². The van der Waals surface area contributed by atoms with Crippen LogP contribution in [-0.4, -0.2) is 32.9 Å². The molecule has 1 aromatic rings. The standard InChI is InChI=1S/C13H20ClN3O2/c1-4-15-13(12(18)19,10-5-6-10)7-17-9(3)11(14)8(2)16-17/h10,15H,4-7H2,1-3H3,(H,18,19). The molecule has 0 bridgehead atoms. The molecule has 1 aliphatic carbocycles. The van der Waals surface area contributed by atoms with E-state index >= 15 is 0 Å². The maximum atomic E-state index is 11.8. The molecule has 0 spiro atoms. The first kappa shape index (κ1) is 14.3. The van der Waals surface area contributed by atoms with Gasteiger partial charge in [0.2, 0.25) is 0 Å². The third kappa shape index (κ3) is 2.49. The normalized spacial score (nSPS) is 18.3. The lowest BCUT2D eigenvalue weighted by atomic mass is 9.93. The van der Waals surface area contributed by atoms with E-state index in [2.05, 4.69) is 10.4 Å². The van der Waals surface area contributed by atoms with Crippen LogP contribution in [0.4, 0.5) is 0 Å². The molecule has 0 aliphatic heterocycles. The zero-order chi connectivity index (χ0) is 14.2. The summed E-state index contributed by atoms with van der Waals surface area (Å²) < 4.78 is 1.72. The smallest absolute Gasteiger partial charge is 0.326 e. The summed E-state index contributed by atoms with van der Waals surface area (Å²) in [7, 11) is 0. The Morgan fingerprint density at radius 3 is 2.58 bits per heavy atom. The fraction of sp³-hybridized carbons (Fsp3) is 0.692. The van der Waals surface area contributed by atoms with Crippen LogP contribution in [0, 0.1) is 19.8 Å². The molecule has 2 N–H and O–H groups in total. The zero-order valence-electron chi connectivity index (χ0n) is 11.5. The van der Waals surface area contributed by atoms with E-state index in [4.69, 9.17) is 11.6 Å². The van der Waals surface area contributed by atoms with Gasteiger partial charge in [-0.15, -0.1) is 0 Å². The number of hydrogen-bond donors (Lipinski definition) is 2. The summed E-state index contributed by atoms with van der Waals surface area (Å²) >= 11 is 6.13. The van der Waals surface area contributed by atoms with E-state index in [0.29, 0.717) is 18.1 Å². The summed E-state index contributed by atoms with van der Waals surface area (Å²) in [6.07, 6.45) is 1.90. The number of likely N-dealkylation sites (N-methyl/N-ethyl adjacent to an activating group) is 1. The number of aliphatic carboxylic acids is 1. The molecule has 0 aromatic carbocycles. The second-order valence-corrected chi connectivity index (χ2v) is 5.60. The maximum absolute atomic E-state index is 11.8. The first-order chi connectivity index (χ1) is 8.92. The third-order valence-electron chi connectivity index (χ3n) is 3.84. The second kappa shape index (κ2) is 5.13. The molecule has 0 radical (unpaired) electrons. The molecule has 6 heteroatoms. The molecule has 1 heterocycles. The SMILES string of the molecule is CCNC(Cn1nc(C)c(Cl)c1C)(C(=O)O)C1CC1. The number of aromatic nitrogens is 2. The van der Waals surface area contributed by atoms with Gasteiger partial charge in [-0.1, -0.05) is 18.5 Å². The summed E-state index contributed by atoms with van der Waals surface area (Å²) in [5.74, 6) is -0.631. The summed E-state index contributed by atoms with van der Waals surface area (Å²) in [5, 5.41) is 17.8. The first-order valence-electron chi connectivity index (χ1n) is 6.60. The fourth-order valence-corrected chi connectivity index (χ4v) is 2.74. The van der Waals surface area contributed by atoms with Gasteiger partial charge in [-0.25, -0.2) is 0 Å². The molecule has 1 aromatic heterocycles. The van der Waals surface area contributed by atoms with Gasteiger partial charge < -0.3 is 10.4 Å². The van der Waals surface area contributed by atoms with Crippen LogP contribution >= 0.6 is 11.6 Å². The second-order valence-electron chi connectivity index (χ2n) is 5.22. The first-order valence-corrected chi connectivity index (χ1v) is 6.98. The van der Waals surface area contributed by atoms with Gasteiger partial charge in [0.25, 0.3) is 0 Å². The van der Waals surface area contributed by atoms with Crippen molar-refractivity contribution in [3.63, 3.8) is 0 Å². The van der Waals surface area contributed by atoms with E-state index in [0.717, 1.165) is 24.2 Å². The van der Waals surface area contributed by atoms with E-state index < -0.39 is 11.5 Å². The molecule has 1 fully saturated rings.